The van der Waals surface area contributed by atoms with Crippen molar-refractivity contribution in [2.24, 2.45) is 5.73 Å². The highest BCUT2D eigenvalue weighted by molar-refractivity contribution is 5.77. The first-order valence-corrected chi connectivity index (χ1v) is 4.55. The summed E-state index contributed by atoms with van der Waals surface area (Å²) in [5, 5.41) is 0. The van der Waals surface area contributed by atoms with E-state index in [-0.39, 0.29) is 11.7 Å². The molecular weight excluding hydrogens is 181 g/mol. The SMILES string of the molecule is Cc1cc(C(C)CN)c(C=O)cc1F. The molecule has 2 N–H and O–H groups in total. The van der Waals surface area contributed by atoms with Gasteiger partial charge in [-0.15, -0.1) is 0 Å². The molecule has 1 unspecified atom stereocenters. The molecule has 0 aliphatic rings. The lowest BCUT2D eigenvalue weighted by Gasteiger charge is -2.12. The molecule has 0 heterocycles. The van der Waals surface area contributed by atoms with Gasteiger partial charge in [-0.3, -0.25) is 4.79 Å². The van der Waals surface area contributed by atoms with E-state index >= 15 is 0 Å². The van der Waals surface area contributed by atoms with Crippen molar-refractivity contribution in [2.75, 3.05) is 6.54 Å². The van der Waals surface area contributed by atoms with Crippen LogP contribution in [0.15, 0.2) is 12.1 Å². The fourth-order valence-corrected chi connectivity index (χ4v) is 1.38. The molecule has 0 aliphatic heterocycles. The zero-order chi connectivity index (χ0) is 10.7. The predicted octanol–water partition coefficient (Wildman–Crippen LogP) is 2.01. The summed E-state index contributed by atoms with van der Waals surface area (Å²) in [6, 6.07) is 2.96. The molecule has 1 atom stereocenters. The van der Waals surface area contributed by atoms with E-state index in [1.807, 2.05) is 6.92 Å². The van der Waals surface area contributed by atoms with Crippen LogP contribution >= 0.6 is 0 Å². The third-order valence-electron chi connectivity index (χ3n) is 2.38. The van der Waals surface area contributed by atoms with Gasteiger partial charge in [0, 0.05) is 5.56 Å². The van der Waals surface area contributed by atoms with Crippen LogP contribution in [0.2, 0.25) is 0 Å². The summed E-state index contributed by atoms with van der Waals surface area (Å²) in [5.74, 6) is -0.269. The molecule has 0 saturated heterocycles. The molecule has 0 saturated carbocycles. The van der Waals surface area contributed by atoms with E-state index in [1.165, 1.54) is 6.07 Å². The van der Waals surface area contributed by atoms with Gasteiger partial charge in [-0.1, -0.05) is 13.0 Å². The van der Waals surface area contributed by atoms with Crippen LogP contribution in [0.4, 0.5) is 4.39 Å². The van der Waals surface area contributed by atoms with E-state index in [4.69, 9.17) is 5.73 Å². The summed E-state index contributed by atoms with van der Waals surface area (Å²) in [7, 11) is 0. The minimum Gasteiger partial charge on any atom is -0.330 e. The maximum Gasteiger partial charge on any atom is 0.150 e. The smallest absolute Gasteiger partial charge is 0.150 e. The van der Waals surface area contributed by atoms with E-state index in [0.29, 0.717) is 24.0 Å². The van der Waals surface area contributed by atoms with Crippen LogP contribution in [0.3, 0.4) is 0 Å². The van der Waals surface area contributed by atoms with Crippen molar-refractivity contribution >= 4 is 6.29 Å². The third-order valence-corrected chi connectivity index (χ3v) is 2.38. The highest BCUT2D eigenvalue weighted by atomic mass is 19.1. The van der Waals surface area contributed by atoms with Crippen LogP contribution in [0.5, 0.6) is 0 Å². The molecule has 0 bridgehead atoms. The average Bonchev–Trinajstić information content (AvgIpc) is 2.20. The first-order chi connectivity index (χ1) is 6.60. The molecule has 14 heavy (non-hydrogen) atoms. The summed E-state index contributed by atoms with van der Waals surface area (Å²) in [6.45, 7) is 4.04. The van der Waals surface area contributed by atoms with Gasteiger partial charge in [-0.25, -0.2) is 4.39 Å². The maximum atomic E-state index is 13.1. The first-order valence-electron chi connectivity index (χ1n) is 4.55. The second-order valence-electron chi connectivity index (χ2n) is 3.48. The standard InChI is InChI=1S/C11H14FNO/c1-7-3-10(8(2)5-13)9(6-14)4-11(7)12/h3-4,6,8H,5,13H2,1-2H3. The Balaban J connectivity index is 3.26. The number of hydrogen-bond acceptors (Lipinski definition) is 2. The fraction of sp³-hybridized carbons (Fsp3) is 0.364. The van der Waals surface area contributed by atoms with Crippen molar-refractivity contribution < 1.29 is 9.18 Å². The van der Waals surface area contributed by atoms with Crippen LogP contribution in [0, 0.1) is 12.7 Å². The normalized spacial score (nSPS) is 12.6. The number of benzene rings is 1. The lowest BCUT2D eigenvalue weighted by Crippen LogP contribution is -2.11. The Hall–Kier alpha value is -1.22. The lowest BCUT2D eigenvalue weighted by molar-refractivity contribution is 0.112. The second kappa shape index (κ2) is 4.33. The molecule has 0 amide bonds. The topological polar surface area (TPSA) is 43.1 Å². The molecule has 0 spiro atoms. The fourth-order valence-electron chi connectivity index (χ4n) is 1.38. The largest absolute Gasteiger partial charge is 0.330 e. The van der Waals surface area contributed by atoms with Gasteiger partial charge < -0.3 is 5.73 Å². The number of nitrogens with two attached hydrogens (primary N) is 1. The Morgan fingerprint density at radius 3 is 2.71 bits per heavy atom. The second-order valence-corrected chi connectivity index (χ2v) is 3.48. The van der Waals surface area contributed by atoms with Crippen molar-refractivity contribution in [1.82, 2.24) is 0 Å². The van der Waals surface area contributed by atoms with Crippen molar-refractivity contribution in [3.05, 3.63) is 34.6 Å². The molecule has 76 valence electrons. The van der Waals surface area contributed by atoms with E-state index < -0.39 is 0 Å². The Morgan fingerprint density at radius 2 is 2.21 bits per heavy atom. The van der Waals surface area contributed by atoms with Crippen molar-refractivity contribution in [3.8, 4) is 0 Å². The Morgan fingerprint density at radius 1 is 1.57 bits per heavy atom. The van der Waals surface area contributed by atoms with Gasteiger partial charge in [0.2, 0.25) is 0 Å². The molecule has 0 aromatic heterocycles. The van der Waals surface area contributed by atoms with Gasteiger partial charge in [-0.2, -0.15) is 0 Å². The zero-order valence-electron chi connectivity index (χ0n) is 8.38. The minimum atomic E-state index is -0.347. The van der Waals surface area contributed by atoms with E-state index in [2.05, 4.69) is 0 Å². The van der Waals surface area contributed by atoms with E-state index in [9.17, 15) is 9.18 Å². The highest BCUT2D eigenvalue weighted by Gasteiger charge is 2.11. The number of rotatable bonds is 3. The molecule has 1 aromatic rings. The number of halogens is 1. The molecular formula is C11H14FNO. The number of carbonyl (C=O) groups is 1. The van der Waals surface area contributed by atoms with Crippen LogP contribution in [-0.2, 0) is 0 Å². The quantitative estimate of drug-likeness (QED) is 0.750. The van der Waals surface area contributed by atoms with Gasteiger partial charge in [-0.05, 0) is 36.6 Å². The summed E-state index contributed by atoms with van der Waals surface area (Å²) >= 11 is 0. The summed E-state index contributed by atoms with van der Waals surface area (Å²) in [5.41, 5.74) is 7.27. The molecule has 0 radical (unpaired) electrons. The van der Waals surface area contributed by atoms with E-state index in [0.717, 1.165) is 5.56 Å². The summed E-state index contributed by atoms with van der Waals surface area (Å²) < 4.78 is 13.1. The maximum absolute atomic E-state index is 13.1. The minimum absolute atomic E-state index is 0.0782. The molecule has 1 rings (SSSR count). The van der Waals surface area contributed by atoms with Gasteiger partial charge in [0.05, 0.1) is 0 Å². The third kappa shape index (κ3) is 1.99. The monoisotopic (exact) mass is 195 g/mol. The average molecular weight is 195 g/mol. The number of aldehydes is 1. The molecule has 3 heteroatoms. The van der Waals surface area contributed by atoms with Crippen molar-refractivity contribution in [1.29, 1.82) is 0 Å². The molecule has 2 nitrogen and oxygen atoms in total. The van der Waals surface area contributed by atoms with Crippen LogP contribution in [0.25, 0.3) is 0 Å². The van der Waals surface area contributed by atoms with Crippen LogP contribution in [-0.4, -0.2) is 12.8 Å². The van der Waals surface area contributed by atoms with Crippen molar-refractivity contribution in [2.45, 2.75) is 19.8 Å². The molecule has 0 fully saturated rings. The molecule has 0 aliphatic carbocycles. The molecule has 1 aromatic carbocycles. The number of aryl methyl sites for hydroxylation is 1. The van der Waals surface area contributed by atoms with Crippen molar-refractivity contribution in [3.63, 3.8) is 0 Å². The van der Waals surface area contributed by atoms with Crippen LogP contribution in [0.1, 0.15) is 34.3 Å². The highest BCUT2D eigenvalue weighted by Crippen LogP contribution is 2.21. The van der Waals surface area contributed by atoms with E-state index in [1.54, 1.807) is 13.0 Å². The van der Waals surface area contributed by atoms with Gasteiger partial charge >= 0.3 is 0 Å². The lowest BCUT2D eigenvalue weighted by atomic mass is 9.94. The van der Waals surface area contributed by atoms with Gasteiger partial charge in [0.25, 0.3) is 0 Å². The van der Waals surface area contributed by atoms with Crippen LogP contribution < -0.4 is 5.73 Å². The Kier molecular flexibility index (Phi) is 3.36. The first kappa shape index (κ1) is 10.9. The Bertz CT molecular complexity index is 349. The predicted molar refractivity (Wildman–Crippen MR) is 54.0 cm³/mol. The van der Waals surface area contributed by atoms with Gasteiger partial charge in [0.15, 0.2) is 0 Å². The number of carbonyl (C=O) groups excluding carboxylic acids is 1. The zero-order valence-corrected chi connectivity index (χ0v) is 8.38. The van der Waals surface area contributed by atoms with Gasteiger partial charge in [0.1, 0.15) is 12.1 Å². The summed E-state index contributed by atoms with van der Waals surface area (Å²) in [6.07, 6.45) is 0.671. The number of hydrogen-bond donors (Lipinski definition) is 1. The Labute approximate surface area is 82.9 Å². The summed E-state index contributed by atoms with van der Waals surface area (Å²) in [4.78, 5) is 10.7.